The molecule has 0 aliphatic carbocycles. The fourth-order valence-corrected chi connectivity index (χ4v) is 2.28. The highest BCUT2D eigenvalue weighted by atomic mass is 32.2. The second-order valence-corrected chi connectivity index (χ2v) is 4.76. The molecule has 1 aliphatic rings. The minimum absolute atomic E-state index is 0.515. The Balaban J connectivity index is 2.50. The molecule has 1 heterocycles. The number of nitrogens with zero attached hydrogens (tertiary/aromatic N) is 1. The van der Waals surface area contributed by atoms with Gasteiger partial charge in [0.25, 0.3) is 0 Å². The number of amides is 2. The number of thioether (sulfide) groups is 1. The molecule has 0 aromatic carbocycles. The molecule has 7 nitrogen and oxygen atoms in total. The molecule has 0 aromatic heterocycles. The number of hydrogen-bond donors (Lipinski definition) is 3. The predicted molar refractivity (Wildman–Crippen MR) is 61.1 cm³/mol. The zero-order chi connectivity index (χ0) is 12.8. The monoisotopic (exact) mass is 262 g/mol. The van der Waals surface area contributed by atoms with Crippen LogP contribution in [-0.2, 0) is 9.59 Å². The van der Waals surface area contributed by atoms with E-state index >= 15 is 0 Å². The molecule has 0 saturated carbocycles. The smallest absolute Gasteiger partial charge is 0.326 e. The largest absolute Gasteiger partial charge is 0.481 e. The molecule has 0 spiro atoms. The van der Waals surface area contributed by atoms with Gasteiger partial charge in [0.15, 0.2) is 0 Å². The summed E-state index contributed by atoms with van der Waals surface area (Å²) in [6.07, 6.45) is -0.621. The van der Waals surface area contributed by atoms with Gasteiger partial charge in [0, 0.05) is 24.6 Å². The summed E-state index contributed by atoms with van der Waals surface area (Å²) in [5.41, 5.74) is 0. The standard InChI is InChI=1S/C9H14N2O5S/c12-7(13)5-6(8(14)15)10-9(16)11-1-3-17-4-2-11/h6H,1-5H2,(H,10,16)(H,12,13)(H,14,15). The van der Waals surface area contributed by atoms with Crippen molar-refractivity contribution in [3.63, 3.8) is 0 Å². The third-order valence-electron chi connectivity index (χ3n) is 2.27. The number of urea groups is 1. The first-order valence-corrected chi connectivity index (χ1v) is 6.24. The van der Waals surface area contributed by atoms with Crippen molar-refractivity contribution in [3.05, 3.63) is 0 Å². The average molecular weight is 262 g/mol. The van der Waals surface area contributed by atoms with Gasteiger partial charge in [-0.1, -0.05) is 0 Å². The van der Waals surface area contributed by atoms with Crippen LogP contribution in [0.15, 0.2) is 0 Å². The van der Waals surface area contributed by atoms with Crippen molar-refractivity contribution in [2.24, 2.45) is 0 Å². The van der Waals surface area contributed by atoms with Gasteiger partial charge in [-0.05, 0) is 0 Å². The van der Waals surface area contributed by atoms with Crippen molar-refractivity contribution in [1.29, 1.82) is 0 Å². The Morgan fingerprint density at radius 3 is 2.29 bits per heavy atom. The summed E-state index contributed by atoms with van der Waals surface area (Å²) in [4.78, 5) is 34.3. The number of nitrogens with one attached hydrogen (secondary N) is 1. The van der Waals surface area contributed by atoms with Crippen LogP contribution >= 0.6 is 11.8 Å². The molecular weight excluding hydrogens is 248 g/mol. The van der Waals surface area contributed by atoms with E-state index in [2.05, 4.69) is 5.32 Å². The highest BCUT2D eigenvalue weighted by Gasteiger charge is 2.26. The van der Waals surface area contributed by atoms with Gasteiger partial charge in [-0.3, -0.25) is 4.79 Å². The van der Waals surface area contributed by atoms with Crippen molar-refractivity contribution >= 4 is 29.7 Å². The molecule has 1 aliphatic heterocycles. The van der Waals surface area contributed by atoms with E-state index in [0.29, 0.717) is 13.1 Å². The topological polar surface area (TPSA) is 107 Å². The molecule has 96 valence electrons. The van der Waals surface area contributed by atoms with Crippen LogP contribution in [0.25, 0.3) is 0 Å². The summed E-state index contributed by atoms with van der Waals surface area (Å²) < 4.78 is 0. The van der Waals surface area contributed by atoms with E-state index < -0.39 is 30.4 Å². The van der Waals surface area contributed by atoms with E-state index in [1.165, 1.54) is 4.90 Å². The maximum Gasteiger partial charge on any atom is 0.326 e. The molecule has 0 bridgehead atoms. The lowest BCUT2D eigenvalue weighted by Gasteiger charge is -2.27. The molecule has 1 rings (SSSR count). The number of rotatable bonds is 4. The Hall–Kier alpha value is -1.44. The predicted octanol–water partition coefficient (Wildman–Crippen LogP) is -0.327. The average Bonchev–Trinajstić information content (AvgIpc) is 2.28. The molecule has 0 radical (unpaired) electrons. The van der Waals surface area contributed by atoms with Gasteiger partial charge in [0.2, 0.25) is 0 Å². The van der Waals surface area contributed by atoms with Crippen molar-refractivity contribution in [1.82, 2.24) is 10.2 Å². The van der Waals surface area contributed by atoms with Gasteiger partial charge in [-0.15, -0.1) is 0 Å². The van der Waals surface area contributed by atoms with E-state index in [9.17, 15) is 14.4 Å². The van der Waals surface area contributed by atoms with E-state index in [4.69, 9.17) is 10.2 Å². The molecule has 2 amide bonds. The summed E-state index contributed by atoms with van der Waals surface area (Å²) in [6, 6.07) is -1.89. The third-order valence-corrected chi connectivity index (χ3v) is 3.22. The number of carboxylic acid groups (broad SMARTS) is 2. The molecular formula is C9H14N2O5S. The molecule has 1 unspecified atom stereocenters. The van der Waals surface area contributed by atoms with Crippen molar-refractivity contribution < 1.29 is 24.6 Å². The minimum atomic E-state index is -1.38. The molecule has 0 aromatic rings. The Labute approximate surface area is 102 Å². The molecule has 8 heteroatoms. The van der Waals surface area contributed by atoms with Crippen LogP contribution in [0.4, 0.5) is 4.79 Å². The summed E-state index contributed by atoms with van der Waals surface area (Å²) in [7, 11) is 0. The van der Waals surface area contributed by atoms with E-state index in [0.717, 1.165) is 11.5 Å². The van der Waals surface area contributed by atoms with Crippen molar-refractivity contribution in [2.45, 2.75) is 12.5 Å². The highest BCUT2D eigenvalue weighted by molar-refractivity contribution is 7.99. The summed E-state index contributed by atoms with van der Waals surface area (Å²) in [5.74, 6) is -0.979. The van der Waals surface area contributed by atoms with E-state index in [1.807, 2.05) is 0 Å². The number of hydrogen-bond acceptors (Lipinski definition) is 4. The van der Waals surface area contributed by atoms with Crippen molar-refractivity contribution in [3.8, 4) is 0 Å². The first-order valence-electron chi connectivity index (χ1n) is 5.08. The van der Waals surface area contributed by atoms with Gasteiger partial charge in [-0.25, -0.2) is 9.59 Å². The molecule has 1 atom stereocenters. The van der Waals surface area contributed by atoms with Crippen LogP contribution in [0.1, 0.15) is 6.42 Å². The Kier molecular flexibility index (Phi) is 5.08. The lowest BCUT2D eigenvalue weighted by molar-refractivity contribution is -0.145. The Bertz CT molecular complexity index is 317. The summed E-state index contributed by atoms with van der Waals surface area (Å²) in [5, 5.41) is 19.5. The van der Waals surface area contributed by atoms with Gasteiger partial charge in [-0.2, -0.15) is 11.8 Å². The lowest BCUT2D eigenvalue weighted by Crippen LogP contribution is -2.50. The fourth-order valence-electron chi connectivity index (χ4n) is 1.38. The van der Waals surface area contributed by atoms with Gasteiger partial charge in [0.05, 0.1) is 6.42 Å². The van der Waals surface area contributed by atoms with Crippen LogP contribution in [0.5, 0.6) is 0 Å². The zero-order valence-electron chi connectivity index (χ0n) is 9.09. The van der Waals surface area contributed by atoms with Crippen LogP contribution < -0.4 is 5.32 Å². The molecule has 1 saturated heterocycles. The number of carboxylic acids is 2. The minimum Gasteiger partial charge on any atom is -0.481 e. The highest BCUT2D eigenvalue weighted by Crippen LogP contribution is 2.09. The second kappa shape index (κ2) is 6.33. The molecule has 3 N–H and O–H groups in total. The van der Waals surface area contributed by atoms with Crippen molar-refractivity contribution in [2.75, 3.05) is 24.6 Å². The quantitative estimate of drug-likeness (QED) is 0.640. The number of aliphatic carboxylic acids is 2. The SMILES string of the molecule is O=C(O)CC(NC(=O)N1CCSCC1)C(=O)O. The number of carbonyl (C=O) groups excluding carboxylic acids is 1. The maximum atomic E-state index is 11.6. The van der Waals surface area contributed by atoms with Gasteiger partial charge in [0.1, 0.15) is 6.04 Å². The summed E-state index contributed by atoms with van der Waals surface area (Å²) in [6.45, 7) is 1.10. The normalized spacial score (nSPS) is 17.3. The van der Waals surface area contributed by atoms with Gasteiger partial charge < -0.3 is 20.4 Å². The summed E-state index contributed by atoms with van der Waals surface area (Å²) >= 11 is 1.72. The van der Waals surface area contributed by atoms with Crippen LogP contribution in [-0.4, -0.2) is 63.7 Å². The fraction of sp³-hybridized carbons (Fsp3) is 0.667. The van der Waals surface area contributed by atoms with E-state index in [-0.39, 0.29) is 0 Å². The molecule has 1 fully saturated rings. The van der Waals surface area contributed by atoms with Crippen LogP contribution in [0, 0.1) is 0 Å². The lowest BCUT2D eigenvalue weighted by atomic mass is 10.2. The van der Waals surface area contributed by atoms with Gasteiger partial charge >= 0.3 is 18.0 Å². The zero-order valence-corrected chi connectivity index (χ0v) is 9.90. The van der Waals surface area contributed by atoms with E-state index in [1.54, 1.807) is 11.8 Å². The first-order chi connectivity index (χ1) is 8.00. The molecule has 17 heavy (non-hydrogen) atoms. The van der Waals surface area contributed by atoms with Crippen LogP contribution in [0.2, 0.25) is 0 Å². The third kappa shape index (κ3) is 4.51. The first kappa shape index (κ1) is 13.6. The number of carbonyl (C=O) groups is 3. The Morgan fingerprint density at radius 1 is 1.24 bits per heavy atom. The second-order valence-electron chi connectivity index (χ2n) is 3.54. The maximum absolute atomic E-state index is 11.6. The van der Waals surface area contributed by atoms with Crippen LogP contribution in [0.3, 0.4) is 0 Å². The Morgan fingerprint density at radius 2 is 1.82 bits per heavy atom.